The van der Waals surface area contributed by atoms with Crippen LogP contribution in [-0.4, -0.2) is 37.7 Å². The molecular formula is C19H16N6O3. The first-order valence-corrected chi connectivity index (χ1v) is 8.85. The van der Waals surface area contributed by atoms with Gasteiger partial charge in [-0.2, -0.15) is 9.61 Å². The zero-order valence-electron chi connectivity index (χ0n) is 14.6. The van der Waals surface area contributed by atoms with Crippen LogP contribution in [0.5, 0.6) is 5.75 Å². The summed E-state index contributed by atoms with van der Waals surface area (Å²) in [4.78, 5) is 27.9. The Hall–Kier alpha value is -3.88. The molecule has 0 bridgehead atoms. The largest absolute Gasteiger partial charge is 0.508 e. The number of aromatic nitrogens is 3. The number of carbonyl (C=O) groups excluding carboxylic acids is 2. The van der Waals surface area contributed by atoms with Crippen molar-refractivity contribution in [3.63, 3.8) is 0 Å². The molecule has 3 amide bonds. The number of hydrogen-bond donors (Lipinski definition) is 4. The average Bonchev–Trinajstić information content (AvgIpc) is 3.30. The Bertz CT molecular complexity index is 1160. The van der Waals surface area contributed by atoms with Crippen LogP contribution in [0.15, 0.2) is 42.2 Å². The van der Waals surface area contributed by atoms with Gasteiger partial charge in [0.1, 0.15) is 17.3 Å². The number of nitrogens with zero attached hydrogens (tertiary/aromatic N) is 3. The lowest BCUT2D eigenvalue weighted by Crippen LogP contribution is -2.22. The first-order valence-electron chi connectivity index (χ1n) is 8.85. The van der Waals surface area contributed by atoms with E-state index >= 15 is 0 Å². The summed E-state index contributed by atoms with van der Waals surface area (Å²) >= 11 is 0. The second-order valence-corrected chi connectivity index (χ2v) is 6.80. The minimum absolute atomic E-state index is 0.140. The molecule has 3 aromatic rings. The van der Waals surface area contributed by atoms with Crippen molar-refractivity contribution in [3.05, 3.63) is 47.8 Å². The van der Waals surface area contributed by atoms with Crippen molar-refractivity contribution in [2.75, 3.05) is 5.32 Å². The van der Waals surface area contributed by atoms with Crippen LogP contribution < -0.4 is 16.0 Å². The molecule has 1 saturated heterocycles. The number of aromatic hydroxyl groups is 1. The number of amides is 3. The van der Waals surface area contributed by atoms with Gasteiger partial charge in [0.15, 0.2) is 5.65 Å². The highest BCUT2D eigenvalue weighted by Gasteiger charge is 2.25. The molecule has 4 N–H and O–H groups in total. The minimum atomic E-state index is -0.558. The topological polar surface area (TPSA) is 121 Å². The van der Waals surface area contributed by atoms with Crippen molar-refractivity contribution in [1.82, 2.24) is 25.2 Å². The third-order valence-corrected chi connectivity index (χ3v) is 4.59. The highest BCUT2D eigenvalue weighted by Crippen LogP contribution is 2.30. The van der Waals surface area contributed by atoms with Gasteiger partial charge in [0.25, 0.3) is 5.91 Å². The van der Waals surface area contributed by atoms with Gasteiger partial charge in [0.2, 0.25) is 0 Å². The maximum Gasteiger partial charge on any atom is 0.326 e. The highest BCUT2D eigenvalue weighted by atomic mass is 16.3. The summed E-state index contributed by atoms with van der Waals surface area (Å²) in [5.74, 6) is 0.428. The first kappa shape index (κ1) is 16.3. The molecule has 1 saturated carbocycles. The average molecular weight is 376 g/mol. The van der Waals surface area contributed by atoms with Gasteiger partial charge in [0, 0.05) is 23.2 Å². The maximum absolute atomic E-state index is 11.8. The van der Waals surface area contributed by atoms with Crippen molar-refractivity contribution < 1.29 is 14.7 Å². The van der Waals surface area contributed by atoms with Gasteiger partial charge < -0.3 is 15.7 Å². The van der Waals surface area contributed by atoms with E-state index in [0.717, 1.165) is 24.2 Å². The Labute approximate surface area is 159 Å². The van der Waals surface area contributed by atoms with Crippen LogP contribution in [0, 0.1) is 0 Å². The maximum atomic E-state index is 11.8. The molecule has 9 nitrogen and oxygen atoms in total. The molecule has 1 aliphatic carbocycles. The third-order valence-electron chi connectivity index (χ3n) is 4.59. The number of rotatable bonds is 4. The summed E-state index contributed by atoms with van der Waals surface area (Å²) in [6.45, 7) is 0. The fourth-order valence-electron chi connectivity index (χ4n) is 3.07. The fraction of sp³-hybridized carbons (Fsp3) is 0.158. The van der Waals surface area contributed by atoms with Crippen molar-refractivity contribution in [1.29, 1.82) is 0 Å². The van der Waals surface area contributed by atoms with E-state index in [1.165, 1.54) is 0 Å². The molecule has 0 radical (unpaired) electrons. The van der Waals surface area contributed by atoms with Gasteiger partial charge in [-0.3, -0.25) is 10.1 Å². The normalized spacial score (nSPS) is 17.8. The number of phenolic OH excluding ortho intramolecular Hbond substituents is 1. The van der Waals surface area contributed by atoms with Crippen LogP contribution in [-0.2, 0) is 4.79 Å². The molecule has 1 aromatic carbocycles. The zero-order chi connectivity index (χ0) is 19.3. The molecule has 9 heteroatoms. The summed E-state index contributed by atoms with van der Waals surface area (Å²) in [5, 5.41) is 22.3. The van der Waals surface area contributed by atoms with Crippen LogP contribution in [0.25, 0.3) is 23.0 Å². The zero-order valence-corrected chi connectivity index (χ0v) is 14.6. The Morgan fingerprint density at radius 1 is 1.21 bits per heavy atom. The van der Waals surface area contributed by atoms with E-state index in [9.17, 15) is 14.7 Å². The molecule has 2 aliphatic rings. The summed E-state index contributed by atoms with van der Waals surface area (Å²) in [7, 11) is 0. The van der Waals surface area contributed by atoms with E-state index < -0.39 is 11.9 Å². The molecule has 1 aliphatic heterocycles. The van der Waals surface area contributed by atoms with Crippen LogP contribution >= 0.6 is 0 Å². The van der Waals surface area contributed by atoms with Gasteiger partial charge in [-0.15, -0.1) is 0 Å². The molecule has 3 heterocycles. The summed E-state index contributed by atoms with van der Waals surface area (Å²) < 4.78 is 1.67. The van der Waals surface area contributed by atoms with Gasteiger partial charge in [-0.05, 0) is 31.1 Å². The number of benzene rings is 1. The molecule has 0 spiro atoms. The predicted octanol–water partition coefficient (Wildman–Crippen LogP) is 1.86. The van der Waals surface area contributed by atoms with Crippen molar-refractivity contribution in [2.24, 2.45) is 0 Å². The molecule has 28 heavy (non-hydrogen) atoms. The lowest BCUT2D eigenvalue weighted by Gasteiger charge is -2.10. The van der Waals surface area contributed by atoms with Crippen LogP contribution in [0.4, 0.5) is 10.6 Å². The smallest absolute Gasteiger partial charge is 0.326 e. The second-order valence-electron chi connectivity index (χ2n) is 6.80. The molecule has 2 aromatic heterocycles. The van der Waals surface area contributed by atoms with Crippen molar-refractivity contribution in [2.45, 2.75) is 18.9 Å². The first-order chi connectivity index (χ1) is 13.6. The minimum Gasteiger partial charge on any atom is -0.508 e. The molecule has 5 rings (SSSR count). The number of fused-ring (bicyclic) bond motifs is 1. The van der Waals surface area contributed by atoms with Gasteiger partial charge >= 0.3 is 6.03 Å². The standard InChI is InChI=1S/C19H16N6O3/c26-13-3-1-2-10(6-13)14-8-16(21-12-4-5-12)25-17(22-14)11(9-20-25)7-15-18(27)24-19(28)23-15/h1-3,6-9,12,21,26H,4-5H2,(H2,23,24,27,28)/b15-7-. The highest BCUT2D eigenvalue weighted by molar-refractivity contribution is 6.14. The molecule has 0 unspecified atom stereocenters. The van der Waals surface area contributed by atoms with Gasteiger partial charge in [-0.25, -0.2) is 9.78 Å². The Kier molecular flexibility index (Phi) is 3.54. The lowest BCUT2D eigenvalue weighted by molar-refractivity contribution is -0.115. The Morgan fingerprint density at radius 2 is 2.07 bits per heavy atom. The number of urea groups is 1. The predicted molar refractivity (Wildman–Crippen MR) is 101 cm³/mol. The second kappa shape index (κ2) is 6.08. The number of hydrogen-bond acceptors (Lipinski definition) is 6. The Morgan fingerprint density at radius 3 is 2.79 bits per heavy atom. The van der Waals surface area contributed by atoms with E-state index in [4.69, 9.17) is 0 Å². The molecule has 140 valence electrons. The molecular weight excluding hydrogens is 360 g/mol. The quantitative estimate of drug-likeness (QED) is 0.407. The Balaban J connectivity index is 1.66. The van der Waals surface area contributed by atoms with E-state index in [-0.39, 0.29) is 11.4 Å². The van der Waals surface area contributed by atoms with E-state index in [0.29, 0.717) is 22.9 Å². The number of nitrogens with one attached hydrogen (secondary N) is 3. The van der Waals surface area contributed by atoms with Crippen LogP contribution in [0.3, 0.4) is 0 Å². The van der Waals surface area contributed by atoms with Gasteiger partial charge in [-0.1, -0.05) is 12.1 Å². The van der Waals surface area contributed by atoms with E-state index in [2.05, 4.69) is 26.0 Å². The fourth-order valence-corrected chi connectivity index (χ4v) is 3.07. The lowest BCUT2D eigenvalue weighted by atomic mass is 10.1. The number of phenols is 1. The summed E-state index contributed by atoms with van der Waals surface area (Å²) in [6, 6.07) is 8.57. The number of imide groups is 1. The third kappa shape index (κ3) is 2.92. The van der Waals surface area contributed by atoms with Crippen molar-refractivity contribution >= 4 is 29.5 Å². The van der Waals surface area contributed by atoms with Crippen LogP contribution in [0.1, 0.15) is 18.4 Å². The van der Waals surface area contributed by atoms with E-state index in [1.807, 2.05) is 12.1 Å². The van der Waals surface area contributed by atoms with Gasteiger partial charge in [0.05, 0.1) is 11.9 Å². The van der Waals surface area contributed by atoms with E-state index in [1.54, 1.807) is 35.0 Å². The monoisotopic (exact) mass is 376 g/mol. The number of carbonyl (C=O) groups is 2. The summed E-state index contributed by atoms with van der Waals surface area (Å²) in [5.41, 5.74) is 2.68. The van der Waals surface area contributed by atoms with Crippen molar-refractivity contribution in [3.8, 4) is 17.0 Å². The van der Waals surface area contributed by atoms with Crippen LogP contribution in [0.2, 0.25) is 0 Å². The molecule has 2 fully saturated rings. The number of anilines is 1. The SMILES string of the molecule is O=C1NC(=O)/C(=C/c2cnn3c(NC4CC4)cc(-c4cccc(O)c4)nc23)N1. The summed E-state index contributed by atoms with van der Waals surface area (Å²) in [6.07, 6.45) is 5.32. The molecule has 0 atom stereocenters.